The van der Waals surface area contributed by atoms with Crippen molar-refractivity contribution >= 4 is 11.9 Å². The Kier molecular flexibility index (Phi) is 19.3. The Morgan fingerprint density at radius 3 is 1.01 bits per heavy atom. The molecule has 0 radical (unpaired) electrons. The van der Waals surface area contributed by atoms with Gasteiger partial charge in [0.15, 0.2) is 46.0 Å². The Labute approximate surface area is 435 Å². The highest BCUT2D eigenvalue weighted by molar-refractivity contribution is 5.91. The largest absolute Gasteiger partial charge is 0.493 e. The quantitative estimate of drug-likeness (QED) is 0.0263. The predicted molar refractivity (Wildman–Crippen MR) is 277 cm³/mol. The van der Waals surface area contributed by atoms with E-state index in [1.54, 1.807) is 85.3 Å². The van der Waals surface area contributed by atoms with Crippen LogP contribution in [-0.4, -0.2) is 160 Å². The zero-order chi connectivity index (χ0) is 53.7. The SMILES string of the molecule is COc1cc(C[C@@H]2c3c(cc(OC)c(OC)c3OC)CC[N+]2(C)CCCOC(=O)/C=C/C(=O)OCCC[N@+]2(C)CCc3cc(OC)c(OC)c(OC)c3[C@H]2Cc2cc(OC)c(OC)c(OC)c2)cc(OC)c1OC. The summed E-state index contributed by atoms with van der Waals surface area (Å²) in [7, 11) is 23.7. The molecule has 0 bridgehead atoms. The van der Waals surface area contributed by atoms with E-state index in [0.29, 0.717) is 117 Å². The lowest BCUT2D eigenvalue weighted by atomic mass is 9.85. The summed E-state index contributed by atoms with van der Waals surface area (Å²) >= 11 is 0. The van der Waals surface area contributed by atoms with Gasteiger partial charge in [0.05, 0.1) is 150 Å². The predicted octanol–water partition coefficient (Wildman–Crippen LogP) is 7.49. The molecule has 2 heterocycles. The van der Waals surface area contributed by atoms with Gasteiger partial charge >= 0.3 is 11.9 Å². The third-order valence-corrected chi connectivity index (χ3v) is 14.6. The summed E-state index contributed by atoms with van der Waals surface area (Å²) in [6, 6.07) is 11.7. The van der Waals surface area contributed by atoms with E-state index < -0.39 is 11.9 Å². The standard InChI is InChI=1S/C56H76N2O16/c1-57(23-19-37-33-45(65-7)53(69-11)55(71-13)49(37)39(57)27-35-29-41(61-3)51(67-9)42(30-35)62-4)21-15-25-73-47(59)17-18-48(60)74-26-16-22-58(2)24-20-38-34-46(66-8)54(70-12)56(72-14)50(38)40(58)28-36-31-43(63-5)52(68-10)44(32-36)64-6/h17-18,29-34,39-40H,15-16,19-28H2,1-14H3/q+2/b18-17+/t39-,40-,57-,58?/m1/s1. The Morgan fingerprint density at radius 1 is 0.432 bits per heavy atom. The van der Waals surface area contributed by atoms with Crippen LogP contribution in [0.1, 0.15) is 58.3 Å². The molecule has 0 fully saturated rings. The summed E-state index contributed by atoms with van der Waals surface area (Å²) in [5.74, 6) is 5.40. The van der Waals surface area contributed by atoms with Crippen LogP contribution in [0.5, 0.6) is 69.0 Å². The van der Waals surface area contributed by atoms with Crippen molar-refractivity contribution in [1.29, 1.82) is 0 Å². The first-order chi connectivity index (χ1) is 35.7. The van der Waals surface area contributed by atoms with E-state index in [9.17, 15) is 9.59 Å². The number of ether oxygens (including phenoxy) is 14. The molecule has 4 aromatic carbocycles. The fraction of sp³-hybridized carbons (Fsp3) is 0.500. The number of hydrogen-bond acceptors (Lipinski definition) is 16. The second-order valence-corrected chi connectivity index (χ2v) is 18.7. The number of fused-ring (bicyclic) bond motifs is 2. The number of esters is 2. The minimum absolute atomic E-state index is 0.125. The molecule has 6 rings (SSSR count). The van der Waals surface area contributed by atoms with Crippen LogP contribution >= 0.6 is 0 Å². The maximum atomic E-state index is 13.0. The third kappa shape index (κ3) is 11.9. The Bertz CT molecular complexity index is 2410. The van der Waals surface area contributed by atoms with Gasteiger partial charge in [-0.05, 0) is 58.7 Å². The van der Waals surface area contributed by atoms with Crippen LogP contribution < -0.4 is 56.8 Å². The van der Waals surface area contributed by atoms with E-state index in [1.807, 2.05) is 36.4 Å². The van der Waals surface area contributed by atoms with Crippen LogP contribution in [0.25, 0.3) is 0 Å². The summed E-state index contributed by atoms with van der Waals surface area (Å²) in [5.41, 5.74) is 6.17. The van der Waals surface area contributed by atoms with Crippen LogP contribution in [0.2, 0.25) is 0 Å². The molecule has 2 aliphatic heterocycles. The van der Waals surface area contributed by atoms with E-state index in [-0.39, 0.29) is 25.3 Å². The van der Waals surface area contributed by atoms with Gasteiger partial charge < -0.3 is 75.3 Å². The lowest BCUT2D eigenvalue weighted by molar-refractivity contribution is -0.941. The van der Waals surface area contributed by atoms with Crippen molar-refractivity contribution in [1.82, 2.24) is 0 Å². The topological polar surface area (TPSA) is 163 Å². The number of benzene rings is 4. The average molecular weight is 1030 g/mol. The molecule has 0 spiro atoms. The van der Waals surface area contributed by atoms with Crippen molar-refractivity contribution in [2.45, 2.75) is 50.6 Å². The molecule has 1 unspecified atom stereocenters. The molecule has 4 aromatic rings. The third-order valence-electron chi connectivity index (χ3n) is 14.6. The number of methoxy groups -OCH3 is 12. The van der Waals surface area contributed by atoms with Crippen molar-refractivity contribution in [2.24, 2.45) is 0 Å². The average Bonchev–Trinajstić information content (AvgIpc) is 3.42. The molecule has 0 saturated heterocycles. The van der Waals surface area contributed by atoms with Gasteiger partial charge in [-0.25, -0.2) is 9.59 Å². The summed E-state index contributed by atoms with van der Waals surface area (Å²) in [5, 5.41) is 0. The summed E-state index contributed by atoms with van der Waals surface area (Å²) < 4.78 is 81.9. The smallest absolute Gasteiger partial charge is 0.331 e. The minimum atomic E-state index is -0.637. The molecule has 0 saturated carbocycles. The second-order valence-electron chi connectivity index (χ2n) is 18.7. The molecule has 404 valence electrons. The first-order valence-corrected chi connectivity index (χ1v) is 24.6. The van der Waals surface area contributed by atoms with Crippen molar-refractivity contribution in [3.05, 3.63) is 81.9 Å². The van der Waals surface area contributed by atoms with Gasteiger partial charge in [0.2, 0.25) is 23.0 Å². The monoisotopic (exact) mass is 1030 g/mol. The lowest BCUT2D eigenvalue weighted by Gasteiger charge is -2.46. The van der Waals surface area contributed by atoms with Gasteiger partial charge in [0, 0.05) is 50.7 Å². The molecule has 2 aliphatic rings. The molecule has 18 heteroatoms. The Morgan fingerprint density at radius 2 is 0.730 bits per heavy atom. The molecule has 0 N–H and O–H groups in total. The van der Waals surface area contributed by atoms with Crippen LogP contribution in [0.4, 0.5) is 0 Å². The van der Waals surface area contributed by atoms with Crippen LogP contribution in [-0.2, 0) is 44.7 Å². The highest BCUT2D eigenvalue weighted by atomic mass is 16.6. The number of nitrogens with zero attached hydrogens (tertiary/aromatic N) is 2. The van der Waals surface area contributed by atoms with Crippen LogP contribution in [0.3, 0.4) is 0 Å². The fourth-order valence-corrected chi connectivity index (χ4v) is 10.9. The molecule has 4 atom stereocenters. The number of rotatable bonds is 26. The van der Waals surface area contributed by atoms with Crippen molar-refractivity contribution in [2.75, 3.05) is 139 Å². The summed E-state index contributed by atoms with van der Waals surface area (Å²) in [6.45, 7) is 3.17. The van der Waals surface area contributed by atoms with Crippen molar-refractivity contribution in [3.63, 3.8) is 0 Å². The van der Waals surface area contributed by atoms with E-state index in [2.05, 4.69) is 14.1 Å². The van der Waals surface area contributed by atoms with Gasteiger partial charge in [0.25, 0.3) is 0 Å². The minimum Gasteiger partial charge on any atom is -0.493 e. The van der Waals surface area contributed by atoms with Gasteiger partial charge in [0.1, 0.15) is 12.1 Å². The second kappa shape index (κ2) is 25.3. The van der Waals surface area contributed by atoms with Gasteiger partial charge in [-0.2, -0.15) is 0 Å². The number of likely N-dealkylation sites (N-methyl/N-ethyl adjacent to an activating group) is 2. The number of carbonyl (C=O) groups is 2. The van der Waals surface area contributed by atoms with E-state index in [1.165, 1.54) is 0 Å². The van der Waals surface area contributed by atoms with Gasteiger partial charge in [-0.1, -0.05) is 0 Å². The molecule has 18 nitrogen and oxygen atoms in total. The van der Waals surface area contributed by atoms with E-state index in [4.69, 9.17) is 66.3 Å². The molecule has 0 amide bonds. The number of hydrogen-bond donors (Lipinski definition) is 0. The number of quaternary nitrogens is 2. The van der Waals surface area contributed by atoms with Gasteiger partial charge in [-0.3, -0.25) is 0 Å². The molecular formula is C56H76N2O16+2. The van der Waals surface area contributed by atoms with Crippen LogP contribution in [0.15, 0.2) is 48.6 Å². The van der Waals surface area contributed by atoms with Crippen molar-refractivity contribution in [3.8, 4) is 69.0 Å². The van der Waals surface area contributed by atoms with E-state index >= 15 is 0 Å². The summed E-state index contributed by atoms with van der Waals surface area (Å²) in [4.78, 5) is 26.0. The zero-order valence-corrected chi connectivity index (χ0v) is 45.7. The van der Waals surface area contributed by atoms with Crippen LogP contribution in [0, 0.1) is 0 Å². The van der Waals surface area contributed by atoms with Gasteiger partial charge in [-0.15, -0.1) is 0 Å². The molecule has 74 heavy (non-hydrogen) atoms. The summed E-state index contributed by atoms with van der Waals surface area (Å²) in [6.07, 6.45) is 5.99. The molecular weight excluding hydrogens is 957 g/mol. The fourth-order valence-electron chi connectivity index (χ4n) is 10.9. The first-order valence-electron chi connectivity index (χ1n) is 24.6. The normalized spacial score (nSPS) is 18.8. The highest BCUT2D eigenvalue weighted by Gasteiger charge is 2.45. The molecule has 0 aliphatic carbocycles. The maximum Gasteiger partial charge on any atom is 0.331 e. The zero-order valence-electron chi connectivity index (χ0n) is 45.7. The lowest BCUT2D eigenvalue weighted by Crippen LogP contribution is -2.53. The Hall–Kier alpha value is -6.92. The maximum absolute atomic E-state index is 13.0. The molecule has 0 aromatic heterocycles. The van der Waals surface area contributed by atoms with Crippen molar-refractivity contribution < 1.29 is 84.9 Å². The van der Waals surface area contributed by atoms with E-state index in [0.717, 1.165) is 71.5 Å². The number of carbonyl (C=O) groups excluding carboxylic acids is 2. The first kappa shape index (κ1) is 56.4. The Balaban J connectivity index is 1.11. The highest BCUT2D eigenvalue weighted by Crippen LogP contribution is 2.53.